The lowest BCUT2D eigenvalue weighted by Crippen LogP contribution is -2.45. The highest BCUT2D eigenvalue weighted by molar-refractivity contribution is 6.32. The van der Waals surface area contributed by atoms with Crippen molar-refractivity contribution in [3.63, 3.8) is 0 Å². The van der Waals surface area contributed by atoms with Crippen molar-refractivity contribution in [1.29, 1.82) is 0 Å². The van der Waals surface area contributed by atoms with Crippen molar-refractivity contribution in [3.05, 3.63) is 5.53 Å². The van der Waals surface area contributed by atoms with Crippen LogP contribution in [-0.2, 0) is 33.2 Å². The Hall–Kier alpha value is -1.35. The van der Waals surface area contributed by atoms with E-state index in [4.69, 9.17) is 34.0 Å². The molecule has 24 heavy (non-hydrogen) atoms. The first kappa shape index (κ1) is 17.5. The molecule has 0 radical (unpaired) electrons. The highest BCUT2D eigenvalue weighted by Gasteiger charge is 2.60. The van der Waals surface area contributed by atoms with Crippen molar-refractivity contribution >= 4 is 11.7 Å². The molecule has 0 saturated carbocycles. The van der Waals surface area contributed by atoms with E-state index < -0.39 is 48.2 Å². The summed E-state index contributed by atoms with van der Waals surface area (Å²) in [6.07, 6.45) is -3.11. The number of esters is 1. The summed E-state index contributed by atoms with van der Waals surface area (Å²) in [5.74, 6) is -2.36. The van der Waals surface area contributed by atoms with Crippen molar-refractivity contribution < 1.29 is 38.0 Å². The quantitative estimate of drug-likeness (QED) is 0.320. The van der Waals surface area contributed by atoms with Gasteiger partial charge in [0.05, 0.1) is 6.61 Å². The van der Waals surface area contributed by atoms with Gasteiger partial charge in [0, 0.05) is 6.92 Å². The van der Waals surface area contributed by atoms with E-state index in [0.717, 1.165) is 0 Å². The van der Waals surface area contributed by atoms with Crippen LogP contribution in [0.5, 0.6) is 0 Å². The number of carbonyl (C=O) groups is 1. The standard InChI is InChI=1S/C15H22N2O7/c1-7(17-16)12(18)20-10-9(8-6-19-14(2,3)22-8)21-13-11(10)23-15(4,5)24-13/h8-11,13H,6H2,1-5H3/t8?,9-,10?,11?,13-/m1/s1. The van der Waals surface area contributed by atoms with Crippen LogP contribution in [0.15, 0.2) is 0 Å². The van der Waals surface area contributed by atoms with Crippen molar-refractivity contribution in [2.45, 2.75) is 76.9 Å². The third-order valence-electron chi connectivity index (χ3n) is 4.11. The molecule has 9 nitrogen and oxygen atoms in total. The number of nitrogens with zero attached hydrogens (tertiary/aromatic N) is 2. The average molecular weight is 342 g/mol. The van der Waals surface area contributed by atoms with Crippen molar-refractivity contribution in [2.24, 2.45) is 0 Å². The smallest absolute Gasteiger partial charge is 0.417 e. The normalized spacial score (nSPS) is 39.3. The first-order chi connectivity index (χ1) is 11.1. The first-order valence-electron chi connectivity index (χ1n) is 7.84. The zero-order valence-electron chi connectivity index (χ0n) is 14.3. The molecular weight excluding hydrogens is 320 g/mol. The Kier molecular flexibility index (Phi) is 4.28. The van der Waals surface area contributed by atoms with E-state index in [1.807, 2.05) is 0 Å². The van der Waals surface area contributed by atoms with Crippen LogP contribution in [0.4, 0.5) is 0 Å². The Labute approximate surface area is 139 Å². The maximum absolute atomic E-state index is 12.0. The molecule has 0 aliphatic carbocycles. The summed E-state index contributed by atoms with van der Waals surface area (Å²) in [6.45, 7) is 8.73. The molecule has 0 aromatic carbocycles. The van der Waals surface area contributed by atoms with Gasteiger partial charge < -0.3 is 34.0 Å². The van der Waals surface area contributed by atoms with Gasteiger partial charge in [-0.15, -0.1) is 0 Å². The fourth-order valence-electron chi connectivity index (χ4n) is 3.06. The third kappa shape index (κ3) is 3.23. The van der Waals surface area contributed by atoms with Gasteiger partial charge in [-0.05, 0) is 27.7 Å². The third-order valence-corrected chi connectivity index (χ3v) is 4.11. The van der Waals surface area contributed by atoms with Gasteiger partial charge in [0.25, 0.3) is 0 Å². The number of hydrogen-bond donors (Lipinski definition) is 0. The summed E-state index contributed by atoms with van der Waals surface area (Å²) in [5.41, 5.74) is 8.58. The van der Waals surface area contributed by atoms with E-state index in [0.29, 0.717) is 6.61 Å². The maximum atomic E-state index is 12.0. The minimum atomic E-state index is -0.850. The second kappa shape index (κ2) is 5.87. The van der Waals surface area contributed by atoms with Crippen molar-refractivity contribution in [2.75, 3.05) is 6.61 Å². The predicted molar refractivity (Wildman–Crippen MR) is 77.8 cm³/mol. The fourth-order valence-corrected chi connectivity index (χ4v) is 3.06. The molecule has 0 N–H and O–H groups in total. The van der Waals surface area contributed by atoms with Gasteiger partial charge in [0.15, 0.2) is 30.1 Å². The summed E-state index contributed by atoms with van der Waals surface area (Å²) in [5, 5.41) is 0. The topological polar surface area (TPSA) is 109 Å². The van der Waals surface area contributed by atoms with E-state index in [1.165, 1.54) is 6.92 Å². The molecule has 3 aliphatic rings. The minimum absolute atomic E-state index is 0.167. The number of ether oxygens (including phenoxy) is 6. The molecule has 0 bridgehead atoms. The van der Waals surface area contributed by atoms with Gasteiger partial charge in [0.2, 0.25) is 0 Å². The Bertz CT molecular complexity index is 584. The zero-order chi connectivity index (χ0) is 17.7. The number of carbonyl (C=O) groups excluding carboxylic acids is 1. The van der Waals surface area contributed by atoms with Gasteiger partial charge in [0.1, 0.15) is 12.2 Å². The molecule has 9 heteroatoms. The molecule has 3 unspecified atom stereocenters. The molecular formula is C15H22N2O7. The lowest BCUT2D eigenvalue weighted by Gasteiger charge is -2.28. The van der Waals surface area contributed by atoms with Gasteiger partial charge in [-0.2, -0.15) is 4.79 Å². The van der Waals surface area contributed by atoms with Crippen LogP contribution in [0.1, 0.15) is 34.6 Å². The van der Waals surface area contributed by atoms with E-state index in [1.54, 1.807) is 27.7 Å². The summed E-state index contributed by atoms with van der Waals surface area (Å²) < 4.78 is 34.3. The van der Waals surface area contributed by atoms with Crippen LogP contribution in [0.2, 0.25) is 0 Å². The lowest BCUT2D eigenvalue weighted by atomic mass is 10.1. The fraction of sp³-hybridized carbons (Fsp3) is 0.867. The van der Waals surface area contributed by atoms with Crippen LogP contribution in [-0.4, -0.2) is 65.4 Å². The molecule has 5 atom stereocenters. The van der Waals surface area contributed by atoms with E-state index in [9.17, 15) is 4.79 Å². The zero-order valence-corrected chi connectivity index (χ0v) is 14.3. The van der Waals surface area contributed by atoms with Gasteiger partial charge >= 0.3 is 11.7 Å². The van der Waals surface area contributed by atoms with Crippen LogP contribution < -0.4 is 0 Å². The Morgan fingerprint density at radius 1 is 1.12 bits per heavy atom. The summed E-state index contributed by atoms with van der Waals surface area (Å²) in [4.78, 5) is 14.9. The lowest BCUT2D eigenvalue weighted by molar-refractivity contribution is -0.234. The molecule has 3 rings (SSSR count). The highest BCUT2D eigenvalue weighted by Crippen LogP contribution is 2.41. The van der Waals surface area contributed by atoms with E-state index in [-0.39, 0.29) is 5.71 Å². The second-order valence-corrected chi connectivity index (χ2v) is 6.99. The molecule has 0 aromatic heterocycles. The molecule has 134 valence electrons. The summed E-state index contributed by atoms with van der Waals surface area (Å²) in [7, 11) is 0. The van der Waals surface area contributed by atoms with Gasteiger partial charge in [-0.25, -0.2) is 4.79 Å². The predicted octanol–water partition coefficient (Wildman–Crippen LogP) is 0.617. The molecule has 0 amide bonds. The molecule has 0 spiro atoms. The Morgan fingerprint density at radius 2 is 1.83 bits per heavy atom. The van der Waals surface area contributed by atoms with Gasteiger partial charge in [-0.1, -0.05) is 0 Å². The van der Waals surface area contributed by atoms with Crippen molar-refractivity contribution in [1.82, 2.24) is 0 Å². The minimum Gasteiger partial charge on any atom is -0.448 e. The molecule has 3 aliphatic heterocycles. The highest BCUT2D eigenvalue weighted by atomic mass is 16.8. The monoisotopic (exact) mass is 342 g/mol. The van der Waals surface area contributed by atoms with Gasteiger partial charge in [-0.3, -0.25) is 0 Å². The van der Waals surface area contributed by atoms with E-state index in [2.05, 4.69) is 4.79 Å². The summed E-state index contributed by atoms with van der Waals surface area (Å²) >= 11 is 0. The number of fused-ring (bicyclic) bond motifs is 1. The average Bonchev–Trinajstić information content (AvgIpc) is 3.09. The molecule has 3 saturated heterocycles. The van der Waals surface area contributed by atoms with Crippen LogP contribution >= 0.6 is 0 Å². The summed E-state index contributed by atoms with van der Waals surface area (Å²) in [6, 6.07) is 0. The van der Waals surface area contributed by atoms with Crippen LogP contribution in [0, 0.1) is 0 Å². The molecule has 3 heterocycles. The van der Waals surface area contributed by atoms with Crippen LogP contribution in [0.25, 0.3) is 5.53 Å². The Morgan fingerprint density at radius 3 is 2.42 bits per heavy atom. The second-order valence-electron chi connectivity index (χ2n) is 6.99. The molecule has 3 fully saturated rings. The SMILES string of the molecule is CC(=[N+]=[N-])C(=O)OC1C2OC(C)(C)O[C@H]2O[C@@H]1C1COC(C)(C)O1. The molecule has 0 aromatic rings. The van der Waals surface area contributed by atoms with E-state index >= 15 is 0 Å². The maximum Gasteiger partial charge on any atom is 0.417 e. The largest absolute Gasteiger partial charge is 0.448 e. The first-order valence-corrected chi connectivity index (χ1v) is 7.84. The van der Waals surface area contributed by atoms with Crippen LogP contribution in [0.3, 0.4) is 0 Å². The van der Waals surface area contributed by atoms with Crippen molar-refractivity contribution in [3.8, 4) is 0 Å². The number of rotatable bonds is 3. The Balaban J connectivity index is 1.80. The number of hydrogen-bond acceptors (Lipinski definition) is 7.